The van der Waals surface area contributed by atoms with Crippen molar-refractivity contribution in [1.29, 1.82) is 5.26 Å². The van der Waals surface area contributed by atoms with Crippen LogP contribution in [0.1, 0.15) is 6.42 Å². The summed E-state index contributed by atoms with van der Waals surface area (Å²) in [5, 5.41) is 10.7. The molecule has 0 aromatic heterocycles. The van der Waals surface area contributed by atoms with Gasteiger partial charge in [0.25, 0.3) is 0 Å². The van der Waals surface area contributed by atoms with Crippen LogP contribution in [0.2, 0.25) is 0 Å². The number of rotatable bonds is 2. The normalized spacial score (nSPS) is 8.58. The van der Waals surface area contributed by atoms with Crippen molar-refractivity contribution < 1.29 is 4.79 Å². The maximum absolute atomic E-state index is 10.9. The minimum Gasteiger partial charge on any atom is -0.325 e. The van der Waals surface area contributed by atoms with E-state index in [4.69, 9.17) is 5.26 Å². The van der Waals surface area contributed by atoms with Crippen LogP contribution in [0.3, 0.4) is 0 Å². The lowest BCUT2D eigenvalue weighted by Crippen LogP contribution is -2.09. The number of amides is 1. The summed E-state index contributed by atoms with van der Waals surface area (Å²) in [5.74, 6) is -0.306. The van der Waals surface area contributed by atoms with E-state index in [1.54, 1.807) is 30.3 Å². The van der Waals surface area contributed by atoms with Crippen molar-refractivity contribution >= 4 is 11.6 Å². The fourth-order valence-electron chi connectivity index (χ4n) is 0.737. The van der Waals surface area contributed by atoms with Gasteiger partial charge in [0.2, 0.25) is 5.91 Å². The summed E-state index contributed by atoms with van der Waals surface area (Å²) >= 11 is 0. The molecule has 1 radical (unpaired) electrons. The van der Waals surface area contributed by atoms with Crippen molar-refractivity contribution in [3.05, 3.63) is 30.3 Å². The van der Waals surface area contributed by atoms with Crippen molar-refractivity contribution in [3.8, 4) is 6.07 Å². The third-order valence-electron chi connectivity index (χ3n) is 1.22. The number of benzene rings is 1. The molecule has 59 valence electrons. The molecule has 3 heteroatoms. The Balaban J connectivity index is 2.54. The Morgan fingerprint density at radius 3 is 3.08 bits per heavy atom. The van der Waals surface area contributed by atoms with Crippen LogP contribution in [-0.4, -0.2) is 5.91 Å². The van der Waals surface area contributed by atoms with Crippen LogP contribution < -0.4 is 5.32 Å². The number of para-hydroxylation sites is 1. The number of nitrogens with one attached hydrogen (secondary N) is 1. The van der Waals surface area contributed by atoms with Gasteiger partial charge in [0.15, 0.2) is 0 Å². The van der Waals surface area contributed by atoms with Crippen LogP contribution in [0, 0.1) is 17.4 Å². The number of hydrogen-bond acceptors (Lipinski definition) is 2. The highest BCUT2D eigenvalue weighted by Gasteiger charge is 1.98. The molecule has 1 rings (SSSR count). The Morgan fingerprint density at radius 2 is 2.50 bits per heavy atom. The zero-order valence-corrected chi connectivity index (χ0v) is 6.37. The Bertz CT molecular complexity index is 300. The van der Waals surface area contributed by atoms with Crippen LogP contribution in [0.15, 0.2) is 24.3 Å². The van der Waals surface area contributed by atoms with Crippen molar-refractivity contribution in [2.45, 2.75) is 6.42 Å². The SMILES string of the molecule is N#CCC(=O)Nc1[c]cccc1. The molecule has 12 heavy (non-hydrogen) atoms. The van der Waals surface area contributed by atoms with Gasteiger partial charge in [-0.25, -0.2) is 0 Å². The van der Waals surface area contributed by atoms with Gasteiger partial charge in [-0.05, 0) is 6.07 Å². The van der Waals surface area contributed by atoms with Gasteiger partial charge in [-0.2, -0.15) is 5.26 Å². The molecule has 0 aliphatic carbocycles. The summed E-state index contributed by atoms with van der Waals surface area (Å²) in [6.45, 7) is 0. The highest BCUT2D eigenvalue weighted by Crippen LogP contribution is 2.03. The Morgan fingerprint density at radius 1 is 1.67 bits per heavy atom. The van der Waals surface area contributed by atoms with Gasteiger partial charge in [0, 0.05) is 11.8 Å². The molecule has 1 aromatic carbocycles. The largest absolute Gasteiger partial charge is 0.325 e. The second-order valence-corrected chi connectivity index (χ2v) is 2.16. The predicted molar refractivity (Wildman–Crippen MR) is 44.1 cm³/mol. The van der Waals surface area contributed by atoms with Gasteiger partial charge in [0.05, 0.1) is 6.07 Å². The molecule has 0 heterocycles. The molecule has 0 bridgehead atoms. The van der Waals surface area contributed by atoms with Gasteiger partial charge in [-0.15, -0.1) is 0 Å². The van der Waals surface area contributed by atoms with Gasteiger partial charge >= 0.3 is 0 Å². The lowest BCUT2D eigenvalue weighted by Gasteiger charge is -1.99. The fraction of sp³-hybridized carbons (Fsp3) is 0.111. The summed E-state index contributed by atoms with van der Waals surface area (Å²) in [4.78, 5) is 10.9. The Hall–Kier alpha value is -1.82. The lowest BCUT2D eigenvalue weighted by molar-refractivity contribution is -0.115. The first-order chi connectivity index (χ1) is 5.83. The van der Waals surface area contributed by atoms with E-state index in [0.29, 0.717) is 5.69 Å². The smallest absolute Gasteiger partial charge is 0.238 e. The number of carbonyl (C=O) groups is 1. The maximum atomic E-state index is 10.9. The molecule has 0 atom stereocenters. The molecular formula is C9H7N2O. The van der Waals surface area contributed by atoms with Crippen molar-refractivity contribution in [2.75, 3.05) is 5.32 Å². The van der Waals surface area contributed by atoms with Gasteiger partial charge < -0.3 is 5.32 Å². The minimum absolute atomic E-state index is 0.122. The number of nitriles is 1. The van der Waals surface area contributed by atoms with E-state index in [1.165, 1.54) is 0 Å². The average Bonchev–Trinajstić information content (AvgIpc) is 2.06. The molecule has 3 nitrogen and oxygen atoms in total. The second kappa shape index (κ2) is 4.14. The quantitative estimate of drug-likeness (QED) is 0.707. The van der Waals surface area contributed by atoms with E-state index in [2.05, 4.69) is 11.4 Å². The third-order valence-corrected chi connectivity index (χ3v) is 1.22. The number of nitrogens with zero attached hydrogens (tertiary/aromatic N) is 1. The Labute approximate surface area is 70.6 Å². The molecule has 0 aliphatic rings. The molecule has 0 unspecified atom stereocenters. The number of hydrogen-bond donors (Lipinski definition) is 1. The highest BCUT2D eigenvalue weighted by atomic mass is 16.1. The van der Waals surface area contributed by atoms with Gasteiger partial charge in [0.1, 0.15) is 6.42 Å². The maximum Gasteiger partial charge on any atom is 0.238 e. The summed E-state index contributed by atoms with van der Waals surface area (Å²) in [6.07, 6.45) is -0.122. The van der Waals surface area contributed by atoms with E-state index in [9.17, 15) is 4.79 Å². The first kappa shape index (κ1) is 8.28. The summed E-state index contributed by atoms with van der Waals surface area (Å²) < 4.78 is 0. The summed E-state index contributed by atoms with van der Waals surface area (Å²) in [7, 11) is 0. The van der Waals surface area contributed by atoms with E-state index in [1.807, 2.05) is 0 Å². The second-order valence-electron chi connectivity index (χ2n) is 2.16. The Kier molecular flexibility index (Phi) is 2.86. The predicted octanol–water partition coefficient (Wildman–Crippen LogP) is 1.34. The summed E-state index contributed by atoms with van der Waals surface area (Å²) in [6, 6.07) is 11.6. The van der Waals surface area contributed by atoms with Gasteiger partial charge in [-0.1, -0.05) is 18.2 Å². The minimum atomic E-state index is -0.306. The van der Waals surface area contributed by atoms with Crippen molar-refractivity contribution in [3.63, 3.8) is 0 Å². The molecule has 0 saturated carbocycles. The van der Waals surface area contributed by atoms with Crippen LogP contribution >= 0.6 is 0 Å². The monoisotopic (exact) mass is 159 g/mol. The van der Waals surface area contributed by atoms with E-state index in [0.717, 1.165) is 0 Å². The standard InChI is InChI=1S/C9H7N2O/c10-7-6-9(12)11-8-4-2-1-3-5-8/h1-4H,6H2,(H,11,12). The fourth-order valence-corrected chi connectivity index (χ4v) is 0.737. The van der Waals surface area contributed by atoms with E-state index >= 15 is 0 Å². The molecule has 1 aromatic rings. The zero-order valence-electron chi connectivity index (χ0n) is 6.37. The number of carbonyl (C=O) groups excluding carboxylic acids is 1. The molecule has 0 spiro atoms. The van der Waals surface area contributed by atoms with E-state index < -0.39 is 0 Å². The average molecular weight is 159 g/mol. The highest BCUT2D eigenvalue weighted by molar-refractivity contribution is 5.91. The molecule has 0 saturated heterocycles. The van der Waals surface area contributed by atoms with Crippen LogP contribution in [-0.2, 0) is 4.79 Å². The zero-order chi connectivity index (χ0) is 8.81. The first-order valence-corrected chi connectivity index (χ1v) is 3.46. The van der Waals surface area contributed by atoms with Crippen LogP contribution in [0.5, 0.6) is 0 Å². The van der Waals surface area contributed by atoms with Crippen LogP contribution in [0.4, 0.5) is 5.69 Å². The molecule has 0 aliphatic heterocycles. The third kappa shape index (κ3) is 2.43. The summed E-state index contributed by atoms with van der Waals surface area (Å²) in [5.41, 5.74) is 0.595. The topological polar surface area (TPSA) is 52.9 Å². The molecule has 1 N–H and O–H groups in total. The lowest BCUT2D eigenvalue weighted by atomic mass is 10.3. The van der Waals surface area contributed by atoms with Crippen molar-refractivity contribution in [1.82, 2.24) is 0 Å². The van der Waals surface area contributed by atoms with Crippen LogP contribution in [0.25, 0.3) is 0 Å². The molecule has 1 amide bonds. The number of anilines is 1. The van der Waals surface area contributed by atoms with E-state index in [-0.39, 0.29) is 12.3 Å². The molecular weight excluding hydrogens is 152 g/mol. The van der Waals surface area contributed by atoms with Gasteiger partial charge in [-0.3, -0.25) is 4.79 Å². The van der Waals surface area contributed by atoms with Crippen molar-refractivity contribution in [2.24, 2.45) is 0 Å². The molecule has 0 fully saturated rings. The first-order valence-electron chi connectivity index (χ1n) is 3.46.